The molecule has 1 rings (SSSR count). The Kier molecular flexibility index (Phi) is 4.85. The van der Waals surface area contributed by atoms with Gasteiger partial charge in [0.05, 0.1) is 13.5 Å². The molecule has 0 spiro atoms. The normalized spacial score (nSPS) is 10.6. The van der Waals surface area contributed by atoms with E-state index in [1.165, 1.54) is 13.2 Å². The molecule has 0 fully saturated rings. The maximum Gasteiger partial charge on any atom is 0.310 e. The van der Waals surface area contributed by atoms with E-state index >= 15 is 0 Å². The number of hydrogen-bond donors (Lipinski definition) is 0. The maximum atomic E-state index is 12.7. The van der Waals surface area contributed by atoms with Crippen LogP contribution in [0.2, 0.25) is 5.15 Å². The molecule has 0 aliphatic carbocycles. The van der Waals surface area contributed by atoms with Crippen molar-refractivity contribution in [2.45, 2.75) is 12.8 Å². The number of rotatable bonds is 3. The SMILES string of the molecule is COC(=O)Cc1c(C(F)F)cc(I)nc1Cl. The Hall–Kier alpha value is -0.500. The summed E-state index contributed by atoms with van der Waals surface area (Å²) in [6, 6.07) is 1.20. The van der Waals surface area contributed by atoms with Gasteiger partial charge >= 0.3 is 5.97 Å². The lowest BCUT2D eigenvalue weighted by Gasteiger charge is -2.09. The molecule has 0 N–H and O–H groups in total. The van der Waals surface area contributed by atoms with Crippen molar-refractivity contribution in [1.82, 2.24) is 4.98 Å². The number of methoxy groups -OCH3 is 1. The molecule has 0 unspecified atom stereocenters. The number of alkyl halides is 2. The van der Waals surface area contributed by atoms with Gasteiger partial charge in [0.1, 0.15) is 8.85 Å². The third-order valence-corrected chi connectivity index (χ3v) is 2.73. The summed E-state index contributed by atoms with van der Waals surface area (Å²) in [5, 5.41) is -0.0902. The summed E-state index contributed by atoms with van der Waals surface area (Å²) in [7, 11) is 1.18. The molecule has 16 heavy (non-hydrogen) atoms. The van der Waals surface area contributed by atoms with Gasteiger partial charge in [-0.1, -0.05) is 11.6 Å². The molecule has 0 amide bonds. The first kappa shape index (κ1) is 13.6. The molecule has 0 aliphatic heterocycles. The zero-order valence-electron chi connectivity index (χ0n) is 8.14. The highest BCUT2D eigenvalue weighted by atomic mass is 127. The van der Waals surface area contributed by atoms with Crippen molar-refractivity contribution in [2.75, 3.05) is 7.11 Å². The fourth-order valence-electron chi connectivity index (χ4n) is 1.11. The molecular weight excluding hydrogens is 354 g/mol. The molecule has 7 heteroatoms. The molecule has 0 aromatic carbocycles. The summed E-state index contributed by atoms with van der Waals surface area (Å²) in [6.07, 6.45) is -3.01. The Morgan fingerprint density at radius 1 is 1.69 bits per heavy atom. The lowest BCUT2D eigenvalue weighted by molar-refractivity contribution is -0.139. The minimum Gasteiger partial charge on any atom is -0.469 e. The van der Waals surface area contributed by atoms with Gasteiger partial charge in [0.15, 0.2) is 0 Å². The largest absolute Gasteiger partial charge is 0.469 e. The fraction of sp³-hybridized carbons (Fsp3) is 0.333. The van der Waals surface area contributed by atoms with E-state index in [9.17, 15) is 13.6 Å². The van der Waals surface area contributed by atoms with Crippen molar-refractivity contribution in [3.63, 3.8) is 0 Å². The topological polar surface area (TPSA) is 39.2 Å². The van der Waals surface area contributed by atoms with Crippen LogP contribution in [-0.2, 0) is 16.0 Å². The molecule has 88 valence electrons. The van der Waals surface area contributed by atoms with E-state index in [4.69, 9.17) is 11.6 Å². The number of halogens is 4. The quantitative estimate of drug-likeness (QED) is 0.472. The summed E-state index contributed by atoms with van der Waals surface area (Å²) in [6.45, 7) is 0. The molecule has 0 saturated heterocycles. The van der Waals surface area contributed by atoms with Gasteiger partial charge in [-0.3, -0.25) is 4.79 Å². The molecule has 1 heterocycles. The summed E-state index contributed by atoms with van der Waals surface area (Å²) in [5.41, 5.74) is -0.265. The lowest BCUT2D eigenvalue weighted by Crippen LogP contribution is -2.09. The highest BCUT2D eigenvalue weighted by molar-refractivity contribution is 14.1. The van der Waals surface area contributed by atoms with Crippen LogP contribution in [-0.4, -0.2) is 18.1 Å². The van der Waals surface area contributed by atoms with Crippen molar-refractivity contribution in [1.29, 1.82) is 0 Å². The molecule has 0 saturated carbocycles. The highest BCUT2D eigenvalue weighted by Gasteiger charge is 2.20. The van der Waals surface area contributed by atoms with Gasteiger partial charge in [-0.15, -0.1) is 0 Å². The number of nitrogens with zero attached hydrogens (tertiary/aromatic N) is 1. The van der Waals surface area contributed by atoms with E-state index in [2.05, 4.69) is 9.72 Å². The molecule has 1 aromatic rings. The Morgan fingerprint density at radius 2 is 2.31 bits per heavy atom. The van der Waals surface area contributed by atoms with Gasteiger partial charge < -0.3 is 4.74 Å². The maximum absolute atomic E-state index is 12.7. The van der Waals surface area contributed by atoms with Crippen LogP contribution < -0.4 is 0 Å². The van der Waals surface area contributed by atoms with E-state index in [0.717, 1.165) is 0 Å². The van der Waals surface area contributed by atoms with Crippen molar-refractivity contribution in [2.24, 2.45) is 0 Å². The predicted octanol–water partition coefficient (Wildman–Crippen LogP) is 2.99. The van der Waals surface area contributed by atoms with E-state index < -0.39 is 12.4 Å². The van der Waals surface area contributed by atoms with Crippen molar-refractivity contribution in [3.05, 3.63) is 26.0 Å². The number of carbonyl (C=O) groups excluding carboxylic acids is 1. The molecule has 0 aliphatic rings. The van der Waals surface area contributed by atoms with E-state index in [0.29, 0.717) is 3.70 Å². The predicted molar refractivity (Wildman–Crippen MR) is 62.6 cm³/mol. The lowest BCUT2D eigenvalue weighted by atomic mass is 10.1. The number of aromatic nitrogens is 1. The number of hydrogen-bond acceptors (Lipinski definition) is 3. The van der Waals surface area contributed by atoms with Crippen LogP contribution >= 0.6 is 34.2 Å². The Bertz CT molecular complexity index is 415. The summed E-state index contributed by atoms with van der Waals surface area (Å²) in [4.78, 5) is 14.9. The van der Waals surface area contributed by atoms with Gasteiger partial charge in [-0.05, 0) is 28.7 Å². The standard InChI is InChI=1S/C9H7ClF2INO2/c1-16-7(15)3-4-5(9(11)12)2-6(13)14-8(4)10/h2,9H,3H2,1H3. The molecule has 0 bridgehead atoms. The Morgan fingerprint density at radius 3 is 2.81 bits per heavy atom. The van der Waals surface area contributed by atoms with Crippen LogP contribution in [0.3, 0.4) is 0 Å². The van der Waals surface area contributed by atoms with Crippen molar-refractivity contribution < 1.29 is 18.3 Å². The summed E-state index contributed by atoms with van der Waals surface area (Å²) < 4.78 is 30.2. The second-order valence-electron chi connectivity index (χ2n) is 2.86. The summed E-state index contributed by atoms with van der Waals surface area (Å²) >= 11 is 7.50. The molecule has 1 aromatic heterocycles. The van der Waals surface area contributed by atoms with Crippen LogP contribution in [0.5, 0.6) is 0 Å². The highest BCUT2D eigenvalue weighted by Crippen LogP contribution is 2.29. The van der Waals surface area contributed by atoms with Crippen LogP contribution in [0.4, 0.5) is 8.78 Å². The summed E-state index contributed by atoms with van der Waals surface area (Å²) in [5.74, 6) is -0.633. The van der Waals surface area contributed by atoms with E-state index in [-0.39, 0.29) is 22.7 Å². The van der Waals surface area contributed by atoms with Crippen LogP contribution in [0.15, 0.2) is 6.07 Å². The first-order valence-electron chi connectivity index (χ1n) is 4.15. The zero-order valence-corrected chi connectivity index (χ0v) is 11.1. The van der Waals surface area contributed by atoms with Crippen molar-refractivity contribution in [3.8, 4) is 0 Å². The number of ether oxygens (including phenoxy) is 1. The zero-order chi connectivity index (χ0) is 12.3. The Balaban J connectivity index is 3.19. The van der Waals surface area contributed by atoms with Crippen LogP contribution in [0.25, 0.3) is 0 Å². The minimum absolute atomic E-state index is 0.0175. The van der Waals surface area contributed by atoms with Crippen molar-refractivity contribution >= 4 is 40.2 Å². The number of carbonyl (C=O) groups is 1. The third kappa shape index (κ3) is 3.24. The first-order valence-corrected chi connectivity index (χ1v) is 5.61. The third-order valence-electron chi connectivity index (χ3n) is 1.86. The monoisotopic (exact) mass is 361 g/mol. The molecule has 0 radical (unpaired) electrons. The van der Waals surface area contributed by atoms with Gasteiger partial charge in [-0.2, -0.15) is 0 Å². The molecule has 3 nitrogen and oxygen atoms in total. The van der Waals surface area contributed by atoms with Gasteiger partial charge in [0, 0.05) is 11.1 Å². The first-order chi connectivity index (χ1) is 7.45. The fourth-order valence-corrected chi connectivity index (χ4v) is 2.10. The molecule has 0 atom stereocenters. The minimum atomic E-state index is -2.70. The van der Waals surface area contributed by atoms with Crippen LogP contribution in [0.1, 0.15) is 17.6 Å². The number of esters is 1. The number of pyridine rings is 1. The van der Waals surface area contributed by atoms with Crippen LogP contribution in [0, 0.1) is 3.70 Å². The van der Waals surface area contributed by atoms with E-state index in [1.807, 2.05) is 0 Å². The molecular formula is C9H7ClF2INO2. The van der Waals surface area contributed by atoms with Gasteiger partial charge in [-0.25, -0.2) is 13.8 Å². The van der Waals surface area contributed by atoms with E-state index in [1.54, 1.807) is 22.6 Å². The second kappa shape index (κ2) is 5.72. The Labute approximate surface area is 109 Å². The second-order valence-corrected chi connectivity index (χ2v) is 4.32. The smallest absolute Gasteiger partial charge is 0.310 e. The average molecular weight is 362 g/mol. The average Bonchev–Trinajstić information content (AvgIpc) is 2.20. The van der Waals surface area contributed by atoms with Gasteiger partial charge in [0.25, 0.3) is 6.43 Å². The van der Waals surface area contributed by atoms with Gasteiger partial charge in [0.2, 0.25) is 0 Å².